The number of nitrogens with zero attached hydrogens (tertiary/aromatic N) is 2. The standard InChI is InChI=1S/C33H27F3N2O3S/c34-33(35,36)30-14-6-13-29-31(27(22-37-32(29)30)19-23-7-2-1-3-8-23)26-11-4-9-24(20-26)25-10-5-12-28(21-25)42(39,40)38-15-17-41-18-16-38/h1-14,20-22H,15-19H2. The first-order chi connectivity index (χ1) is 20.2. The molecule has 1 aromatic heterocycles. The van der Waals surface area contributed by atoms with E-state index >= 15 is 0 Å². The van der Waals surface area contributed by atoms with Gasteiger partial charge in [0.25, 0.3) is 0 Å². The van der Waals surface area contributed by atoms with E-state index in [-0.39, 0.29) is 10.4 Å². The largest absolute Gasteiger partial charge is 0.418 e. The molecule has 0 amide bonds. The molecule has 1 aliphatic heterocycles. The first-order valence-electron chi connectivity index (χ1n) is 13.5. The van der Waals surface area contributed by atoms with Crippen molar-refractivity contribution in [3.8, 4) is 22.3 Å². The minimum absolute atomic E-state index is 0.110. The fourth-order valence-corrected chi connectivity index (χ4v) is 6.86. The molecule has 6 rings (SSSR count). The van der Waals surface area contributed by atoms with Crippen molar-refractivity contribution < 1.29 is 26.3 Å². The monoisotopic (exact) mass is 588 g/mol. The highest BCUT2D eigenvalue weighted by molar-refractivity contribution is 7.89. The molecular formula is C33H27F3N2O3S. The third kappa shape index (κ3) is 5.55. The van der Waals surface area contributed by atoms with Crippen LogP contribution in [0.3, 0.4) is 0 Å². The Labute approximate surface area is 242 Å². The summed E-state index contributed by atoms with van der Waals surface area (Å²) in [7, 11) is -3.71. The molecule has 1 saturated heterocycles. The molecule has 5 nitrogen and oxygen atoms in total. The van der Waals surface area contributed by atoms with Gasteiger partial charge in [-0.25, -0.2) is 8.42 Å². The number of para-hydroxylation sites is 1. The van der Waals surface area contributed by atoms with Gasteiger partial charge in [-0.15, -0.1) is 0 Å². The molecule has 42 heavy (non-hydrogen) atoms. The fraction of sp³-hybridized carbons (Fsp3) is 0.182. The Morgan fingerprint density at radius 3 is 2.19 bits per heavy atom. The average Bonchev–Trinajstić information content (AvgIpc) is 3.01. The molecular weight excluding hydrogens is 561 g/mol. The van der Waals surface area contributed by atoms with Crippen LogP contribution in [0, 0.1) is 0 Å². The van der Waals surface area contributed by atoms with Crippen molar-refractivity contribution in [1.29, 1.82) is 0 Å². The van der Waals surface area contributed by atoms with Gasteiger partial charge in [-0.05, 0) is 64.1 Å². The molecule has 0 saturated carbocycles. The van der Waals surface area contributed by atoms with Crippen molar-refractivity contribution in [3.05, 3.63) is 120 Å². The van der Waals surface area contributed by atoms with Crippen LogP contribution in [0.5, 0.6) is 0 Å². The Hall–Kier alpha value is -4.05. The van der Waals surface area contributed by atoms with E-state index in [1.807, 2.05) is 60.7 Å². The zero-order valence-corrected chi connectivity index (χ0v) is 23.3. The van der Waals surface area contributed by atoms with Gasteiger partial charge in [0, 0.05) is 24.7 Å². The third-order valence-electron chi connectivity index (χ3n) is 7.45. The molecule has 214 valence electrons. The van der Waals surface area contributed by atoms with E-state index in [9.17, 15) is 21.6 Å². The molecule has 5 aromatic rings. The summed E-state index contributed by atoms with van der Waals surface area (Å²) in [6, 6.07) is 28.0. The van der Waals surface area contributed by atoms with Gasteiger partial charge in [-0.2, -0.15) is 17.5 Å². The van der Waals surface area contributed by atoms with Crippen LogP contribution in [0.25, 0.3) is 33.2 Å². The predicted octanol–water partition coefficient (Wildman–Crippen LogP) is 7.20. The molecule has 2 heterocycles. The van der Waals surface area contributed by atoms with E-state index in [1.165, 1.54) is 16.6 Å². The number of aromatic nitrogens is 1. The van der Waals surface area contributed by atoms with Crippen molar-refractivity contribution in [2.24, 2.45) is 0 Å². The summed E-state index contributed by atoms with van der Waals surface area (Å²) in [5.74, 6) is 0. The Morgan fingerprint density at radius 1 is 0.786 bits per heavy atom. The highest BCUT2D eigenvalue weighted by atomic mass is 32.2. The van der Waals surface area contributed by atoms with Crippen molar-refractivity contribution >= 4 is 20.9 Å². The van der Waals surface area contributed by atoms with Crippen LogP contribution in [0.2, 0.25) is 0 Å². The van der Waals surface area contributed by atoms with Gasteiger partial charge < -0.3 is 4.74 Å². The molecule has 0 radical (unpaired) electrons. The normalized spacial score (nSPS) is 14.7. The van der Waals surface area contributed by atoms with Crippen molar-refractivity contribution in [1.82, 2.24) is 9.29 Å². The number of alkyl halides is 3. The van der Waals surface area contributed by atoms with E-state index in [0.29, 0.717) is 54.8 Å². The van der Waals surface area contributed by atoms with Crippen LogP contribution >= 0.6 is 0 Å². The highest BCUT2D eigenvalue weighted by Gasteiger charge is 2.34. The van der Waals surface area contributed by atoms with E-state index in [0.717, 1.165) is 22.8 Å². The van der Waals surface area contributed by atoms with Crippen molar-refractivity contribution in [2.45, 2.75) is 17.5 Å². The van der Waals surface area contributed by atoms with Gasteiger partial charge in [0.15, 0.2) is 0 Å². The first kappa shape index (κ1) is 28.1. The number of morpholine rings is 1. The van der Waals surface area contributed by atoms with Crippen molar-refractivity contribution in [3.63, 3.8) is 0 Å². The second-order valence-electron chi connectivity index (χ2n) is 10.1. The van der Waals surface area contributed by atoms with E-state index in [4.69, 9.17) is 4.74 Å². The first-order valence-corrected chi connectivity index (χ1v) is 15.0. The van der Waals surface area contributed by atoms with E-state index in [1.54, 1.807) is 24.3 Å². The summed E-state index contributed by atoms with van der Waals surface area (Å²) in [6.45, 7) is 1.28. The lowest BCUT2D eigenvalue weighted by Gasteiger charge is -2.26. The summed E-state index contributed by atoms with van der Waals surface area (Å²) in [6.07, 6.45) is -2.55. The molecule has 0 N–H and O–H groups in total. The van der Waals surface area contributed by atoms with E-state index < -0.39 is 21.8 Å². The Balaban J connectivity index is 1.48. The van der Waals surface area contributed by atoms with Crippen LogP contribution in [0.15, 0.2) is 108 Å². The number of benzene rings is 4. The number of fused-ring (bicyclic) bond motifs is 1. The number of pyridine rings is 1. The molecule has 9 heteroatoms. The van der Waals surface area contributed by atoms with Gasteiger partial charge in [0.1, 0.15) is 0 Å². The van der Waals surface area contributed by atoms with E-state index in [2.05, 4.69) is 4.98 Å². The molecule has 0 bridgehead atoms. The Morgan fingerprint density at radius 2 is 1.45 bits per heavy atom. The topological polar surface area (TPSA) is 59.5 Å². The minimum Gasteiger partial charge on any atom is -0.379 e. The molecule has 1 aliphatic rings. The van der Waals surface area contributed by atoms with Gasteiger partial charge in [-0.3, -0.25) is 4.98 Å². The third-order valence-corrected chi connectivity index (χ3v) is 9.34. The smallest absolute Gasteiger partial charge is 0.379 e. The van der Waals surface area contributed by atoms with Crippen molar-refractivity contribution in [2.75, 3.05) is 26.3 Å². The lowest BCUT2D eigenvalue weighted by molar-refractivity contribution is -0.136. The molecule has 0 unspecified atom stereocenters. The maximum absolute atomic E-state index is 14.0. The Bertz CT molecular complexity index is 1850. The number of ether oxygens (including phenoxy) is 1. The Kier molecular flexibility index (Phi) is 7.57. The summed E-state index contributed by atoms with van der Waals surface area (Å²) >= 11 is 0. The predicted molar refractivity (Wildman–Crippen MR) is 156 cm³/mol. The van der Waals surface area contributed by atoms with Gasteiger partial charge in [-0.1, -0.05) is 72.8 Å². The zero-order valence-electron chi connectivity index (χ0n) is 22.5. The van der Waals surface area contributed by atoms with Crippen LogP contribution in [0.1, 0.15) is 16.7 Å². The van der Waals surface area contributed by atoms with Crippen LogP contribution in [-0.2, 0) is 27.4 Å². The van der Waals surface area contributed by atoms with Crippen LogP contribution < -0.4 is 0 Å². The number of hydrogen-bond acceptors (Lipinski definition) is 4. The summed E-state index contributed by atoms with van der Waals surface area (Å²) in [5.41, 5.74) is 3.70. The fourth-order valence-electron chi connectivity index (χ4n) is 5.41. The second kappa shape index (κ2) is 11.3. The number of hydrogen-bond donors (Lipinski definition) is 0. The SMILES string of the molecule is O=S(=O)(c1cccc(-c2cccc(-c3c(Cc4ccccc4)cnc4c(C(F)(F)F)cccc34)c2)c1)N1CCOCC1. The number of halogens is 3. The molecule has 0 aliphatic carbocycles. The molecule has 0 atom stereocenters. The molecule has 0 spiro atoms. The second-order valence-corrected chi connectivity index (χ2v) is 12.1. The summed E-state index contributed by atoms with van der Waals surface area (Å²) in [5, 5.41) is 0.402. The maximum atomic E-state index is 14.0. The number of rotatable bonds is 6. The van der Waals surface area contributed by atoms with Gasteiger partial charge >= 0.3 is 6.18 Å². The highest BCUT2D eigenvalue weighted by Crippen LogP contribution is 2.40. The lowest BCUT2D eigenvalue weighted by Crippen LogP contribution is -2.40. The lowest BCUT2D eigenvalue weighted by atomic mass is 9.90. The average molecular weight is 589 g/mol. The molecule has 1 fully saturated rings. The van der Waals surface area contributed by atoms with Gasteiger partial charge in [0.2, 0.25) is 10.0 Å². The molecule has 4 aromatic carbocycles. The summed E-state index contributed by atoms with van der Waals surface area (Å²) in [4.78, 5) is 4.47. The zero-order chi connectivity index (χ0) is 29.3. The summed E-state index contributed by atoms with van der Waals surface area (Å²) < 4.78 is 75.2. The van der Waals surface area contributed by atoms with Gasteiger partial charge in [0.05, 0.1) is 29.2 Å². The minimum atomic E-state index is -4.56. The van der Waals surface area contributed by atoms with Crippen LogP contribution in [-0.4, -0.2) is 44.0 Å². The number of sulfonamides is 1. The quantitative estimate of drug-likeness (QED) is 0.211. The maximum Gasteiger partial charge on any atom is 0.418 e. The van der Waals surface area contributed by atoms with Crippen LogP contribution in [0.4, 0.5) is 13.2 Å².